The molecule has 1 aromatic heterocycles. The van der Waals surface area contributed by atoms with Gasteiger partial charge in [-0.25, -0.2) is 4.98 Å². The normalized spacial score (nSPS) is 15.0. The number of Topliss-reactive ketones (excluding diaryl/α,β-unsaturated/α-hetero) is 1. The zero-order valence-electron chi connectivity index (χ0n) is 14.4. The molecule has 2 aromatic carbocycles. The van der Waals surface area contributed by atoms with Crippen molar-refractivity contribution in [3.8, 4) is 0 Å². The van der Waals surface area contributed by atoms with E-state index < -0.39 is 0 Å². The van der Waals surface area contributed by atoms with Crippen LogP contribution in [0, 0.1) is 0 Å². The van der Waals surface area contributed by atoms with Gasteiger partial charge < -0.3 is 5.32 Å². The average molecular weight is 365 g/mol. The van der Waals surface area contributed by atoms with E-state index in [4.69, 9.17) is 4.98 Å². The zero-order chi connectivity index (χ0) is 18.1. The lowest BCUT2D eigenvalue weighted by molar-refractivity contribution is -0.118. The van der Waals surface area contributed by atoms with Gasteiger partial charge in [0.25, 0.3) is 0 Å². The molecule has 0 spiro atoms. The largest absolute Gasteiger partial charge is 0.325 e. The lowest BCUT2D eigenvalue weighted by atomic mass is 10.0. The Morgan fingerprint density at radius 1 is 1.19 bits per heavy atom. The van der Waals surface area contributed by atoms with Crippen LogP contribution in [0.2, 0.25) is 0 Å². The zero-order valence-corrected chi connectivity index (χ0v) is 15.3. The third kappa shape index (κ3) is 3.52. The first kappa shape index (κ1) is 16.9. The molecule has 0 aliphatic carbocycles. The minimum absolute atomic E-state index is 0.0116. The van der Waals surface area contributed by atoms with Crippen LogP contribution in [0.4, 0.5) is 5.69 Å². The van der Waals surface area contributed by atoms with Crippen molar-refractivity contribution in [1.82, 2.24) is 9.88 Å². The molecule has 2 heterocycles. The Morgan fingerprint density at radius 3 is 2.77 bits per heavy atom. The fraction of sp³-hybridized carbons (Fsp3) is 0.250. The lowest BCUT2D eigenvalue weighted by Gasteiger charge is -2.37. The molecule has 0 bridgehead atoms. The van der Waals surface area contributed by atoms with Crippen LogP contribution in [0.1, 0.15) is 28.2 Å². The Labute approximate surface area is 155 Å². The summed E-state index contributed by atoms with van der Waals surface area (Å²) in [5, 5.41) is 4.02. The fourth-order valence-corrected chi connectivity index (χ4v) is 4.19. The molecule has 1 aliphatic heterocycles. The number of likely N-dealkylation sites (tertiary alicyclic amines) is 1. The summed E-state index contributed by atoms with van der Waals surface area (Å²) in [6, 6.07) is 15.2. The first-order valence-electron chi connectivity index (χ1n) is 8.57. The van der Waals surface area contributed by atoms with Crippen molar-refractivity contribution in [2.75, 3.05) is 25.0 Å². The average Bonchev–Trinajstić information content (AvgIpc) is 3.01. The second-order valence-electron chi connectivity index (χ2n) is 6.60. The smallest absolute Gasteiger partial charge is 0.238 e. The Hall–Kier alpha value is -2.57. The summed E-state index contributed by atoms with van der Waals surface area (Å²) < 4.78 is 1.21. The van der Waals surface area contributed by atoms with E-state index in [-0.39, 0.29) is 11.7 Å². The number of ketones is 1. The molecule has 1 saturated heterocycles. The number of rotatable bonds is 5. The molecular formula is C20H19N3O2S. The maximum atomic E-state index is 12.2. The molecule has 132 valence electrons. The predicted molar refractivity (Wildman–Crippen MR) is 104 cm³/mol. The molecule has 3 aromatic rings. The van der Waals surface area contributed by atoms with E-state index in [9.17, 15) is 9.59 Å². The molecule has 0 radical (unpaired) electrons. The first-order valence-corrected chi connectivity index (χ1v) is 9.39. The SMILES string of the molecule is CC(=O)c1cccc(NC(=O)CN2CC(c3nc4ccccc4s3)C2)c1. The van der Waals surface area contributed by atoms with E-state index in [1.165, 1.54) is 11.6 Å². The first-order chi connectivity index (χ1) is 12.6. The predicted octanol–water partition coefficient (Wildman–Crippen LogP) is 3.54. The maximum Gasteiger partial charge on any atom is 0.238 e. The Bertz CT molecular complexity index is 943. The second kappa shape index (κ2) is 6.97. The molecule has 1 N–H and O–H groups in total. The summed E-state index contributed by atoms with van der Waals surface area (Å²) in [5.74, 6) is 0.331. The summed E-state index contributed by atoms with van der Waals surface area (Å²) in [7, 11) is 0. The van der Waals surface area contributed by atoms with Crippen LogP contribution in [0.3, 0.4) is 0 Å². The molecule has 4 rings (SSSR count). The number of amides is 1. The van der Waals surface area contributed by atoms with Gasteiger partial charge in [-0.2, -0.15) is 0 Å². The second-order valence-corrected chi connectivity index (χ2v) is 7.66. The van der Waals surface area contributed by atoms with Crippen molar-refractivity contribution in [2.24, 2.45) is 0 Å². The summed E-state index contributed by atoms with van der Waals surface area (Å²) in [5.41, 5.74) is 2.31. The number of nitrogens with zero attached hydrogens (tertiary/aromatic N) is 2. The number of fused-ring (bicyclic) bond motifs is 1. The van der Waals surface area contributed by atoms with Crippen LogP contribution in [0.5, 0.6) is 0 Å². The van der Waals surface area contributed by atoms with Crippen LogP contribution in [-0.4, -0.2) is 41.2 Å². The quantitative estimate of drug-likeness (QED) is 0.703. The van der Waals surface area contributed by atoms with Gasteiger partial charge >= 0.3 is 0 Å². The molecule has 1 fully saturated rings. The molecule has 0 saturated carbocycles. The molecule has 1 aliphatic rings. The highest BCUT2D eigenvalue weighted by Gasteiger charge is 2.31. The van der Waals surface area contributed by atoms with E-state index in [0.29, 0.717) is 23.7 Å². The minimum atomic E-state index is -0.0616. The molecule has 1 amide bonds. The highest BCUT2D eigenvalue weighted by molar-refractivity contribution is 7.18. The summed E-state index contributed by atoms with van der Waals surface area (Å²) in [6.45, 7) is 3.57. The van der Waals surface area contributed by atoms with Crippen molar-refractivity contribution < 1.29 is 9.59 Å². The van der Waals surface area contributed by atoms with E-state index in [0.717, 1.165) is 23.6 Å². The van der Waals surface area contributed by atoms with Gasteiger partial charge in [0, 0.05) is 30.3 Å². The van der Waals surface area contributed by atoms with E-state index >= 15 is 0 Å². The van der Waals surface area contributed by atoms with Crippen molar-refractivity contribution >= 4 is 38.9 Å². The van der Waals surface area contributed by atoms with E-state index in [2.05, 4.69) is 16.3 Å². The molecular weight excluding hydrogens is 346 g/mol. The highest BCUT2D eigenvalue weighted by atomic mass is 32.1. The van der Waals surface area contributed by atoms with Gasteiger partial charge in [0.05, 0.1) is 21.8 Å². The molecule has 6 heteroatoms. The van der Waals surface area contributed by atoms with Gasteiger partial charge in [0.2, 0.25) is 5.91 Å². The Balaban J connectivity index is 1.31. The van der Waals surface area contributed by atoms with Crippen molar-refractivity contribution in [1.29, 1.82) is 0 Å². The number of aromatic nitrogens is 1. The maximum absolute atomic E-state index is 12.2. The Kier molecular flexibility index (Phi) is 4.53. The minimum Gasteiger partial charge on any atom is -0.325 e. The van der Waals surface area contributed by atoms with E-state index in [1.54, 1.807) is 35.6 Å². The summed E-state index contributed by atoms with van der Waals surface area (Å²) in [4.78, 5) is 30.5. The number of carbonyl (C=O) groups is 2. The summed E-state index contributed by atoms with van der Waals surface area (Å²) >= 11 is 1.74. The monoisotopic (exact) mass is 365 g/mol. The van der Waals surface area contributed by atoms with Crippen LogP contribution in [0.15, 0.2) is 48.5 Å². The van der Waals surface area contributed by atoms with Crippen molar-refractivity contribution in [3.05, 3.63) is 59.1 Å². The van der Waals surface area contributed by atoms with Gasteiger partial charge in [-0.3, -0.25) is 14.5 Å². The number of thiazole rings is 1. The van der Waals surface area contributed by atoms with Crippen molar-refractivity contribution in [2.45, 2.75) is 12.8 Å². The number of anilines is 1. The van der Waals surface area contributed by atoms with Crippen LogP contribution < -0.4 is 5.32 Å². The van der Waals surface area contributed by atoms with Gasteiger partial charge in [-0.1, -0.05) is 24.3 Å². The molecule has 26 heavy (non-hydrogen) atoms. The van der Waals surface area contributed by atoms with Crippen LogP contribution >= 0.6 is 11.3 Å². The number of para-hydroxylation sites is 1. The Morgan fingerprint density at radius 2 is 2.00 bits per heavy atom. The number of benzene rings is 2. The summed E-state index contributed by atoms with van der Waals surface area (Å²) in [6.07, 6.45) is 0. The van der Waals surface area contributed by atoms with Crippen LogP contribution in [-0.2, 0) is 4.79 Å². The molecule has 0 unspecified atom stereocenters. The number of hydrogen-bond acceptors (Lipinski definition) is 5. The topological polar surface area (TPSA) is 62.3 Å². The molecule has 0 atom stereocenters. The van der Waals surface area contributed by atoms with Gasteiger partial charge in [0.15, 0.2) is 5.78 Å². The number of hydrogen-bond donors (Lipinski definition) is 1. The third-order valence-corrected chi connectivity index (χ3v) is 5.74. The van der Waals surface area contributed by atoms with Crippen molar-refractivity contribution in [3.63, 3.8) is 0 Å². The standard InChI is InChI=1S/C20H19N3O2S/c1-13(24)14-5-4-6-16(9-14)21-19(25)12-23-10-15(11-23)20-22-17-7-2-3-8-18(17)26-20/h2-9,15H,10-12H2,1H3,(H,21,25). The third-order valence-electron chi connectivity index (χ3n) is 4.54. The van der Waals surface area contributed by atoms with Gasteiger partial charge in [0.1, 0.15) is 0 Å². The van der Waals surface area contributed by atoms with Gasteiger partial charge in [-0.15, -0.1) is 11.3 Å². The highest BCUT2D eigenvalue weighted by Crippen LogP contribution is 2.32. The van der Waals surface area contributed by atoms with E-state index in [1.807, 2.05) is 18.2 Å². The molecule has 5 nitrogen and oxygen atoms in total. The van der Waals surface area contributed by atoms with Crippen LogP contribution in [0.25, 0.3) is 10.2 Å². The lowest BCUT2D eigenvalue weighted by Crippen LogP contribution is -2.48. The number of nitrogens with one attached hydrogen (secondary N) is 1. The fourth-order valence-electron chi connectivity index (χ4n) is 3.14. The van der Waals surface area contributed by atoms with Gasteiger partial charge in [-0.05, 0) is 31.2 Å². The number of carbonyl (C=O) groups excluding carboxylic acids is 2.